The number of benzene rings is 2. The molecule has 0 saturated carbocycles. The van der Waals surface area contributed by atoms with Crippen LogP contribution >= 0.6 is 11.6 Å². The van der Waals surface area contributed by atoms with E-state index in [0.717, 1.165) is 62.7 Å². The van der Waals surface area contributed by atoms with Crippen LogP contribution in [0.5, 0.6) is 0 Å². The zero-order valence-corrected chi connectivity index (χ0v) is 21.0. The zero-order chi connectivity index (χ0) is 24.1. The highest BCUT2D eigenvalue weighted by Gasteiger charge is 2.32. The van der Waals surface area contributed by atoms with E-state index in [1.54, 1.807) is 0 Å². The quantitative estimate of drug-likeness (QED) is 0.544. The van der Waals surface area contributed by atoms with Crippen LogP contribution in [0.15, 0.2) is 54.1 Å². The van der Waals surface area contributed by atoms with E-state index < -0.39 is 0 Å². The first-order valence-corrected chi connectivity index (χ1v) is 12.6. The Morgan fingerprint density at radius 3 is 2.35 bits per heavy atom. The smallest absolute Gasteiger partial charge is 0.338 e. The Bertz CT molecular complexity index is 1010. The Hall–Kier alpha value is -2.34. The number of hydrogen-bond acceptors (Lipinski definition) is 5. The summed E-state index contributed by atoms with van der Waals surface area (Å²) in [4.78, 5) is 16.8. The number of carbonyl (C=O) groups is 1. The third-order valence-corrected chi connectivity index (χ3v) is 7.40. The molecule has 6 heteroatoms. The molecule has 1 atom stereocenters. The van der Waals surface area contributed by atoms with Crippen molar-refractivity contribution in [2.45, 2.75) is 33.1 Å². The molecule has 1 N–H and O–H groups in total. The van der Waals surface area contributed by atoms with Crippen LogP contribution in [-0.2, 0) is 4.74 Å². The predicted molar refractivity (Wildman–Crippen MR) is 138 cm³/mol. The van der Waals surface area contributed by atoms with Gasteiger partial charge < -0.3 is 14.7 Å². The molecule has 0 bridgehead atoms. The van der Waals surface area contributed by atoms with Crippen LogP contribution in [-0.4, -0.2) is 61.9 Å². The molecule has 0 radical (unpaired) electrons. The highest BCUT2D eigenvalue weighted by atomic mass is 35.5. The van der Waals surface area contributed by atoms with Gasteiger partial charge in [0, 0.05) is 50.0 Å². The maximum absolute atomic E-state index is 11.9. The largest absolute Gasteiger partial charge is 0.462 e. The molecule has 2 aliphatic rings. The summed E-state index contributed by atoms with van der Waals surface area (Å²) in [6, 6.07) is 15.9. The number of esters is 1. The topological polar surface area (TPSA) is 53.0 Å². The number of nitrogens with zero attached hydrogens (tertiary/aromatic N) is 2. The van der Waals surface area contributed by atoms with Gasteiger partial charge in [-0.1, -0.05) is 36.2 Å². The SMILES string of the molecule is CCOC(=O)c1ccc(N2CCN(CC3=C(c4ccc(Cl)cc4)CCC(C)(CO)C3)CC2)cc1. The molecule has 1 aliphatic carbocycles. The van der Waals surface area contributed by atoms with Gasteiger partial charge >= 0.3 is 5.97 Å². The van der Waals surface area contributed by atoms with E-state index in [4.69, 9.17) is 16.3 Å². The number of aliphatic hydroxyl groups is 1. The summed E-state index contributed by atoms with van der Waals surface area (Å²) in [6.45, 7) is 9.40. The molecule has 0 spiro atoms. The number of piperazine rings is 1. The first-order valence-electron chi connectivity index (χ1n) is 12.2. The first-order chi connectivity index (χ1) is 16.4. The maximum Gasteiger partial charge on any atom is 0.338 e. The summed E-state index contributed by atoms with van der Waals surface area (Å²) >= 11 is 6.13. The van der Waals surface area contributed by atoms with E-state index in [9.17, 15) is 9.90 Å². The molecule has 2 aromatic carbocycles. The average Bonchev–Trinajstić information content (AvgIpc) is 2.86. The van der Waals surface area contributed by atoms with Crippen LogP contribution in [0.3, 0.4) is 0 Å². The molecular formula is C28H35ClN2O3. The summed E-state index contributed by atoms with van der Waals surface area (Å²) in [5, 5.41) is 10.8. The molecule has 0 amide bonds. The van der Waals surface area contributed by atoms with Crippen molar-refractivity contribution in [2.24, 2.45) is 5.41 Å². The Labute approximate surface area is 208 Å². The van der Waals surface area contributed by atoms with Crippen molar-refractivity contribution in [2.75, 3.05) is 50.8 Å². The molecule has 1 fully saturated rings. The number of rotatable bonds is 7. The number of allylic oxidation sites excluding steroid dienone is 1. The summed E-state index contributed by atoms with van der Waals surface area (Å²) in [5.41, 5.74) is 5.79. The number of anilines is 1. The van der Waals surface area contributed by atoms with E-state index in [0.29, 0.717) is 12.2 Å². The maximum atomic E-state index is 11.9. The normalized spacial score (nSPS) is 21.6. The van der Waals surface area contributed by atoms with Crippen molar-refractivity contribution >= 4 is 28.8 Å². The van der Waals surface area contributed by atoms with Gasteiger partial charge in [0.1, 0.15) is 0 Å². The number of aliphatic hydroxyl groups excluding tert-OH is 1. The second-order valence-electron chi connectivity index (χ2n) is 9.77. The van der Waals surface area contributed by atoms with Gasteiger partial charge in [-0.3, -0.25) is 4.90 Å². The molecule has 182 valence electrons. The summed E-state index contributed by atoms with van der Waals surface area (Å²) in [6.07, 6.45) is 2.92. The third kappa shape index (κ3) is 5.83. The van der Waals surface area contributed by atoms with Crippen LogP contribution in [0.1, 0.15) is 49.0 Å². The lowest BCUT2D eigenvalue weighted by Gasteiger charge is -2.40. The van der Waals surface area contributed by atoms with Gasteiger partial charge in [0.2, 0.25) is 0 Å². The second-order valence-corrected chi connectivity index (χ2v) is 10.2. The lowest BCUT2D eigenvalue weighted by molar-refractivity contribution is 0.0526. The fourth-order valence-corrected chi connectivity index (χ4v) is 5.18. The highest BCUT2D eigenvalue weighted by Crippen LogP contribution is 2.43. The average molecular weight is 483 g/mol. The van der Waals surface area contributed by atoms with Gasteiger partial charge in [-0.2, -0.15) is 0 Å². The van der Waals surface area contributed by atoms with Crippen LogP contribution in [0.4, 0.5) is 5.69 Å². The number of ether oxygens (including phenoxy) is 1. The van der Waals surface area contributed by atoms with Crippen molar-refractivity contribution in [1.82, 2.24) is 4.90 Å². The summed E-state index contributed by atoms with van der Waals surface area (Å²) in [5.74, 6) is -0.272. The fraction of sp³-hybridized carbons (Fsp3) is 0.464. The van der Waals surface area contributed by atoms with Gasteiger partial charge in [0.25, 0.3) is 0 Å². The summed E-state index contributed by atoms with van der Waals surface area (Å²) < 4.78 is 5.08. The van der Waals surface area contributed by atoms with Gasteiger partial charge in [0.15, 0.2) is 0 Å². The number of carbonyl (C=O) groups excluding carboxylic acids is 1. The fourth-order valence-electron chi connectivity index (χ4n) is 5.06. The molecule has 4 rings (SSSR count). The molecule has 5 nitrogen and oxygen atoms in total. The van der Waals surface area contributed by atoms with E-state index in [2.05, 4.69) is 28.9 Å². The predicted octanol–water partition coefficient (Wildman–Crippen LogP) is 5.28. The third-order valence-electron chi connectivity index (χ3n) is 7.15. The minimum Gasteiger partial charge on any atom is -0.462 e. The monoisotopic (exact) mass is 482 g/mol. The minimum absolute atomic E-state index is 0.0479. The van der Waals surface area contributed by atoms with Crippen molar-refractivity contribution in [3.8, 4) is 0 Å². The van der Waals surface area contributed by atoms with Gasteiger partial charge in [-0.15, -0.1) is 0 Å². The van der Waals surface area contributed by atoms with E-state index >= 15 is 0 Å². The van der Waals surface area contributed by atoms with Crippen molar-refractivity contribution in [1.29, 1.82) is 0 Å². The molecular weight excluding hydrogens is 448 g/mol. The minimum atomic E-state index is -0.272. The number of halogens is 1. The highest BCUT2D eigenvalue weighted by molar-refractivity contribution is 6.30. The molecule has 34 heavy (non-hydrogen) atoms. The summed E-state index contributed by atoms with van der Waals surface area (Å²) in [7, 11) is 0. The van der Waals surface area contributed by atoms with Gasteiger partial charge in [-0.25, -0.2) is 4.79 Å². The van der Waals surface area contributed by atoms with E-state index in [1.165, 1.54) is 16.7 Å². The van der Waals surface area contributed by atoms with Crippen LogP contribution < -0.4 is 4.90 Å². The van der Waals surface area contributed by atoms with E-state index in [-0.39, 0.29) is 18.0 Å². The molecule has 1 aliphatic heterocycles. The molecule has 0 aromatic heterocycles. The van der Waals surface area contributed by atoms with Crippen molar-refractivity contribution in [3.63, 3.8) is 0 Å². The van der Waals surface area contributed by atoms with Crippen molar-refractivity contribution in [3.05, 3.63) is 70.3 Å². The van der Waals surface area contributed by atoms with Crippen LogP contribution in [0.25, 0.3) is 5.57 Å². The van der Waals surface area contributed by atoms with Crippen LogP contribution in [0, 0.1) is 5.41 Å². The second kappa shape index (κ2) is 10.9. The molecule has 1 heterocycles. The lowest BCUT2D eigenvalue weighted by Crippen LogP contribution is -2.47. The van der Waals surface area contributed by atoms with Gasteiger partial charge in [-0.05, 0) is 79.1 Å². The molecule has 2 aromatic rings. The Balaban J connectivity index is 1.43. The Morgan fingerprint density at radius 2 is 1.74 bits per heavy atom. The lowest BCUT2D eigenvalue weighted by atomic mass is 9.72. The first kappa shape index (κ1) is 24.8. The Kier molecular flexibility index (Phi) is 7.97. The van der Waals surface area contributed by atoms with Crippen molar-refractivity contribution < 1.29 is 14.6 Å². The van der Waals surface area contributed by atoms with Crippen LogP contribution in [0.2, 0.25) is 5.02 Å². The van der Waals surface area contributed by atoms with Gasteiger partial charge in [0.05, 0.1) is 12.2 Å². The Morgan fingerprint density at radius 1 is 1.06 bits per heavy atom. The molecule has 1 unspecified atom stereocenters. The number of hydrogen-bond donors (Lipinski definition) is 1. The standard InChI is InChI=1S/C28H35ClN2O3/c1-3-34-27(33)22-6-10-25(11-7-22)31-16-14-30(15-17-31)19-23-18-28(2,20-32)13-12-26(23)21-4-8-24(29)9-5-21/h4-11,32H,3,12-20H2,1-2H3. The zero-order valence-electron chi connectivity index (χ0n) is 20.2. The molecule has 1 saturated heterocycles. The van der Waals surface area contributed by atoms with E-state index in [1.807, 2.05) is 43.3 Å².